The second-order valence-electron chi connectivity index (χ2n) is 10.9. The summed E-state index contributed by atoms with van der Waals surface area (Å²) in [6.45, 7) is 2.03. The fraction of sp³-hybridized carbons (Fsp3) is 0.600. The summed E-state index contributed by atoms with van der Waals surface area (Å²) in [5, 5.41) is 10.4. The number of sulfonamides is 1. The van der Waals surface area contributed by atoms with E-state index in [1.54, 1.807) is 19.1 Å². The summed E-state index contributed by atoms with van der Waals surface area (Å²) in [5.41, 5.74) is 6.05. The van der Waals surface area contributed by atoms with Gasteiger partial charge in [-0.3, -0.25) is 14.2 Å². The molecule has 2 N–H and O–H groups in total. The van der Waals surface area contributed by atoms with E-state index in [0.717, 1.165) is 12.8 Å². The molecule has 2 aliphatic carbocycles. The molecule has 1 saturated heterocycles. The van der Waals surface area contributed by atoms with Gasteiger partial charge in [-0.25, -0.2) is 8.42 Å². The minimum atomic E-state index is -3.83. The van der Waals surface area contributed by atoms with E-state index in [4.69, 9.17) is 10.5 Å². The van der Waals surface area contributed by atoms with Crippen LogP contribution in [-0.2, 0) is 31.1 Å². The molecule has 1 aromatic heterocycles. The van der Waals surface area contributed by atoms with Crippen LogP contribution in [0.1, 0.15) is 50.5 Å². The molecule has 13 heteroatoms. The molecule has 5 rings (SSSR count). The highest BCUT2D eigenvalue weighted by Crippen LogP contribution is 2.54. The van der Waals surface area contributed by atoms with Gasteiger partial charge in [0.25, 0.3) is 10.6 Å². The zero-order chi connectivity index (χ0) is 27.2. The number of pyridine rings is 1. The predicted molar refractivity (Wildman–Crippen MR) is 136 cm³/mol. The van der Waals surface area contributed by atoms with Crippen LogP contribution in [0.3, 0.4) is 0 Å². The molecule has 12 nitrogen and oxygen atoms in total. The van der Waals surface area contributed by atoms with Crippen LogP contribution in [0, 0.1) is 28.4 Å². The van der Waals surface area contributed by atoms with E-state index < -0.39 is 20.7 Å². The summed E-state index contributed by atoms with van der Waals surface area (Å²) >= 11 is 0. The van der Waals surface area contributed by atoms with Gasteiger partial charge in [-0.2, -0.15) is 4.31 Å². The molecule has 0 amide bonds. The van der Waals surface area contributed by atoms with Crippen molar-refractivity contribution < 1.29 is 27.9 Å². The normalized spacial score (nSPS) is 27.8. The van der Waals surface area contributed by atoms with Crippen molar-refractivity contribution in [2.45, 2.75) is 75.6 Å². The Labute approximate surface area is 219 Å². The third-order valence-corrected chi connectivity index (χ3v) is 10.3. The lowest BCUT2D eigenvalue weighted by atomic mass is 9.58. The quantitative estimate of drug-likeness (QED) is 0.310. The molecule has 1 atom stereocenters. The number of ether oxygens (including phenoxy) is 1. The average molecular weight is 549 g/mol. The Morgan fingerprint density at radius 3 is 2.58 bits per heavy atom. The van der Waals surface area contributed by atoms with Gasteiger partial charge in [0.1, 0.15) is 6.10 Å². The van der Waals surface area contributed by atoms with E-state index in [2.05, 4.69) is 4.84 Å². The zero-order valence-corrected chi connectivity index (χ0v) is 22.0. The Morgan fingerprint density at radius 2 is 1.95 bits per heavy atom. The predicted octanol–water partition coefficient (Wildman–Crippen LogP) is 2.08. The number of aryl methyl sites for hydroxylation is 1. The summed E-state index contributed by atoms with van der Waals surface area (Å²) in [5.74, 6) is -0.680. The highest BCUT2D eigenvalue weighted by molar-refractivity contribution is 7.89. The van der Waals surface area contributed by atoms with Crippen molar-refractivity contribution in [1.29, 1.82) is 0 Å². The van der Waals surface area contributed by atoms with E-state index in [0.29, 0.717) is 49.6 Å². The second kappa shape index (κ2) is 9.93. The van der Waals surface area contributed by atoms with Crippen molar-refractivity contribution in [2.24, 2.45) is 17.1 Å². The van der Waals surface area contributed by atoms with E-state index in [1.165, 1.54) is 21.1 Å². The number of carbonyl (C=O) groups excluding carboxylic acids is 1. The van der Waals surface area contributed by atoms with Crippen LogP contribution in [0.2, 0.25) is 0 Å². The van der Waals surface area contributed by atoms with Crippen molar-refractivity contribution in [1.82, 2.24) is 8.87 Å². The number of nitrogens with zero attached hydrogens (tertiary/aromatic N) is 3. The molecule has 0 unspecified atom stereocenters. The van der Waals surface area contributed by atoms with E-state index in [9.17, 15) is 28.1 Å². The molecule has 2 saturated carbocycles. The van der Waals surface area contributed by atoms with E-state index >= 15 is 0 Å². The maximum atomic E-state index is 13.3. The minimum absolute atomic E-state index is 0.00201. The Hall–Kier alpha value is -3.03. The van der Waals surface area contributed by atoms with Gasteiger partial charge in [0.15, 0.2) is 6.73 Å². The Balaban J connectivity index is 1.26. The number of benzene rings is 1. The molecular weight excluding hydrogens is 516 g/mol. The summed E-state index contributed by atoms with van der Waals surface area (Å²) in [4.78, 5) is 41.2. The SMILES string of the molecule is Cc1cn(COC(=O)C2CCC3(CC2)CC(O[N+](=O)[O-])C3)c(=O)c2cccc(S(=O)(=O)N3CC[C@H](N)C3)c12. The Bertz CT molecular complexity index is 1420. The highest BCUT2D eigenvalue weighted by atomic mass is 32.2. The van der Waals surface area contributed by atoms with Crippen molar-refractivity contribution >= 4 is 26.8 Å². The van der Waals surface area contributed by atoms with Crippen LogP contribution in [-0.4, -0.2) is 53.6 Å². The maximum Gasteiger partial charge on any atom is 0.310 e. The van der Waals surface area contributed by atoms with Crippen LogP contribution in [0.15, 0.2) is 34.1 Å². The summed E-state index contributed by atoms with van der Waals surface area (Å²) in [6, 6.07) is 4.41. The fourth-order valence-corrected chi connectivity index (χ4v) is 8.07. The summed E-state index contributed by atoms with van der Waals surface area (Å²) < 4.78 is 34.8. The number of fused-ring (bicyclic) bond motifs is 1. The van der Waals surface area contributed by atoms with Crippen molar-refractivity contribution in [3.63, 3.8) is 0 Å². The number of esters is 1. The average Bonchev–Trinajstić information content (AvgIpc) is 3.31. The topological polar surface area (TPSA) is 164 Å². The van der Waals surface area contributed by atoms with Gasteiger partial charge >= 0.3 is 5.97 Å². The van der Waals surface area contributed by atoms with Gasteiger partial charge in [-0.1, -0.05) is 6.07 Å². The number of carbonyl (C=O) groups is 1. The standard InChI is InChI=1S/C25H32N4O8S/c1-16-13-27(15-36-24(31)17-5-8-25(9-6-17)11-19(12-25)37-29(32)33)23(30)20-3-2-4-21(22(16)20)38(34,35)28-10-7-18(26)14-28/h2-4,13,17-19H,5-12,14-15,26H2,1H3/t17?,18-,19?,25?/m0/s1. The lowest BCUT2D eigenvalue weighted by Gasteiger charge is -2.50. The smallest absolute Gasteiger partial charge is 0.310 e. The number of hydrogen-bond acceptors (Lipinski definition) is 9. The molecule has 1 aliphatic heterocycles. The summed E-state index contributed by atoms with van der Waals surface area (Å²) in [6.07, 6.45) is 5.80. The van der Waals surface area contributed by atoms with Crippen LogP contribution in [0.4, 0.5) is 0 Å². The van der Waals surface area contributed by atoms with Gasteiger partial charge in [0.2, 0.25) is 10.0 Å². The van der Waals surface area contributed by atoms with Crippen molar-refractivity contribution in [3.05, 3.63) is 50.4 Å². The first-order valence-electron chi connectivity index (χ1n) is 12.9. The van der Waals surface area contributed by atoms with Crippen LogP contribution in [0.25, 0.3) is 10.8 Å². The highest BCUT2D eigenvalue weighted by Gasteiger charge is 2.48. The first-order valence-corrected chi connectivity index (χ1v) is 14.3. The van der Waals surface area contributed by atoms with Gasteiger partial charge in [0, 0.05) is 36.1 Å². The molecule has 1 aromatic carbocycles. The molecule has 1 spiro atoms. The Morgan fingerprint density at radius 1 is 1.24 bits per heavy atom. The van der Waals surface area contributed by atoms with Crippen molar-refractivity contribution in [2.75, 3.05) is 13.1 Å². The molecule has 38 heavy (non-hydrogen) atoms. The molecule has 0 bridgehead atoms. The first kappa shape index (κ1) is 26.6. The fourth-order valence-electron chi connectivity index (χ4n) is 6.28. The maximum absolute atomic E-state index is 13.3. The van der Waals surface area contributed by atoms with Crippen LogP contribution >= 0.6 is 0 Å². The number of hydrogen-bond donors (Lipinski definition) is 1. The van der Waals surface area contributed by atoms with Crippen molar-refractivity contribution in [3.8, 4) is 0 Å². The largest absolute Gasteiger partial charge is 0.444 e. The lowest BCUT2D eigenvalue weighted by Crippen LogP contribution is -2.46. The molecule has 206 valence electrons. The minimum Gasteiger partial charge on any atom is -0.444 e. The van der Waals surface area contributed by atoms with E-state index in [-0.39, 0.29) is 53.0 Å². The molecule has 3 fully saturated rings. The molecule has 2 heterocycles. The summed E-state index contributed by atoms with van der Waals surface area (Å²) in [7, 11) is -3.83. The number of rotatable bonds is 7. The van der Waals surface area contributed by atoms with Crippen LogP contribution in [0.5, 0.6) is 0 Å². The molecule has 0 radical (unpaired) electrons. The first-order chi connectivity index (χ1) is 18.0. The van der Waals surface area contributed by atoms with E-state index in [1.807, 2.05) is 0 Å². The number of aromatic nitrogens is 1. The van der Waals surface area contributed by atoms with Gasteiger partial charge in [0.05, 0.1) is 10.8 Å². The third kappa shape index (κ3) is 4.90. The molecule has 3 aliphatic rings. The zero-order valence-electron chi connectivity index (χ0n) is 21.2. The third-order valence-electron chi connectivity index (χ3n) is 8.35. The van der Waals surface area contributed by atoms with Gasteiger partial charge in [-0.05, 0) is 75.0 Å². The Kier molecular flexibility index (Phi) is 6.95. The second-order valence-corrected chi connectivity index (χ2v) is 12.8. The molecular formula is C25H32N4O8S. The monoisotopic (exact) mass is 548 g/mol. The van der Waals surface area contributed by atoms with Gasteiger partial charge in [-0.15, -0.1) is 10.1 Å². The number of nitrogens with two attached hydrogens (primary N) is 1. The van der Waals surface area contributed by atoms with Crippen LogP contribution < -0.4 is 11.3 Å². The molecule has 2 aromatic rings. The lowest BCUT2D eigenvalue weighted by molar-refractivity contribution is -0.773. The van der Waals surface area contributed by atoms with Gasteiger partial charge < -0.3 is 15.3 Å².